The first-order valence-corrected chi connectivity index (χ1v) is 7.31. The zero-order valence-electron chi connectivity index (χ0n) is 12.9. The molecule has 3 rings (SSSR count). The Bertz CT molecular complexity index is 894. The van der Waals surface area contributed by atoms with Crippen molar-refractivity contribution in [3.05, 3.63) is 66.1 Å². The van der Waals surface area contributed by atoms with Crippen LogP contribution in [0, 0.1) is 0 Å². The molecule has 4 N–H and O–H groups in total. The molecule has 0 aromatic carbocycles. The van der Waals surface area contributed by atoms with Gasteiger partial charge in [-0.25, -0.2) is 15.0 Å². The summed E-state index contributed by atoms with van der Waals surface area (Å²) in [5, 5.41) is 14.9. The fraction of sp³-hybridized carbons (Fsp3) is 0.0625. The van der Waals surface area contributed by atoms with Gasteiger partial charge in [0.1, 0.15) is 11.6 Å². The van der Waals surface area contributed by atoms with E-state index in [0.717, 1.165) is 5.56 Å². The van der Waals surface area contributed by atoms with Gasteiger partial charge in [-0.3, -0.25) is 9.59 Å². The average Bonchev–Trinajstić information content (AvgIpc) is 3.15. The van der Waals surface area contributed by atoms with Crippen molar-refractivity contribution in [2.24, 2.45) is 0 Å². The first kappa shape index (κ1) is 16.1. The fourth-order valence-corrected chi connectivity index (χ4v) is 2.06. The second-order valence-corrected chi connectivity index (χ2v) is 5.00. The topological polar surface area (TPSA) is 133 Å². The van der Waals surface area contributed by atoms with Gasteiger partial charge in [-0.05, 0) is 29.8 Å². The van der Waals surface area contributed by atoms with E-state index in [1.165, 1.54) is 30.7 Å². The summed E-state index contributed by atoms with van der Waals surface area (Å²) in [6.45, 7) is 0.236. The Hall–Kier alpha value is -3.75. The number of aromatic amines is 1. The minimum Gasteiger partial charge on any atom is -0.505 e. The van der Waals surface area contributed by atoms with E-state index in [-0.39, 0.29) is 35.5 Å². The van der Waals surface area contributed by atoms with Gasteiger partial charge in [0, 0.05) is 31.3 Å². The molecule has 0 aliphatic rings. The summed E-state index contributed by atoms with van der Waals surface area (Å²) >= 11 is 0. The number of nitrogens with zero attached hydrogens (tertiary/aromatic N) is 3. The van der Waals surface area contributed by atoms with Gasteiger partial charge in [0.25, 0.3) is 11.8 Å². The van der Waals surface area contributed by atoms with E-state index in [0.29, 0.717) is 0 Å². The van der Waals surface area contributed by atoms with Gasteiger partial charge >= 0.3 is 0 Å². The van der Waals surface area contributed by atoms with Gasteiger partial charge in [0.05, 0.1) is 0 Å². The molecule has 2 amide bonds. The molecule has 0 bridgehead atoms. The molecule has 3 heterocycles. The van der Waals surface area contributed by atoms with Crippen molar-refractivity contribution in [1.82, 2.24) is 25.3 Å². The van der Waals surface area contributed by atoms with E-state index < -0.39 is 5.91 Å². The highest BCUT2D eigenvalue weighted by Gasteiger charge is 2.13. The first-order chi connectivity index (χ1) is 12.1. The van der Waals surface area contributed by atoms with E-state index in [1.807, 2.05) is 0 Å². The van der Waals surface area contributed by atoms with Crippen LogP contribution in [0.25, 0.3) is 0 Å². The number of imidazole rings is 1. The van der Waals surface area contributed by atoms with Crippen molar-refractivity contribution >= 4 is 17.6 Å². The highest BCUT2D eigenvalue weighted by atomic mass is 16.3. The third-order valence-electron chi connectivity index (χ3n) is 3.23. The molecule has 0 saturated carbocycles. The van der Waals surface area contributed by atoms with E-state index >= 15 is 0 Å². The monoisotopic (exact) mass is 338 g/mol. The number of aromatic hydroxyl groups is 1. The molecule has 9 nitrogen and oxygen atoms in total. The zero-order valence-corrected chi connectivity index (χ0v) is 12.9. The third-order valence-corrected chi connectivity index (χ3v) is 3.23. The van der Waals surface area contributed by atoms with Crippen LogP contribution >= 0.6 is 0 Å². The molecule has 3 aromatic rings. The molecule has 126 valence electrons. The lowest BCUT2D eigenvalue weighted by atomic mass is 10.2. The Morgan fingerprint density at radius 2 is 1.96 bits per heavy atom. The molecule has 0 spiro atoms. The van der Waals surface area contributed by atoms with Crippen molar-refractivity contribution in [3.8, 4) is 5.75 Å². The first-order valence-electron chi connectivity index (χ1n) is 7.31. The summed E-state index contributed by atoms with van der Waals surface area (Å²) in [7, 11) is 0. The number of pyridine rings is 2. The Morgan fingerprint density at radius 1 is 1.08 bits per heavy atom. The van der Waals surface area contributed by atoms with Crippen molar-refractivity contribution in [2.75, 3.05) is 5.32 Å². The molecular formula is C16H14N6O3. The molecule has 0 fully saturated rings. The van der Waals surface area contributed by atoms with Gasteiger partial charge < -0.3 is 20.7 Å². The summed E-state index contributed by atoms with van der Waals surface area (Å²) in [6, 6.07) is 6.21. The number of nitrogens with one attached hydrogen (secondary N) is 3. The standard InChI is InChI=1S/C16H14N6O3/c23-11-2-1-4-18-13(11)15(24)22-12-8-10(3-5-17-12)9-21-16(25)14-19-6-7-20-14/h1-8,23H,9H2,(H,19,20)(H,21,25)(H,17,22,24). The number of hydrogen-bond donors (Lipinski definition) is 4. The largest absolute Gasteiger partial charge is 0.505 e. The fourth-order valence-electron chi connectivity index (χ4n) is 2.06. The molecule has 0 radical (unpaired) electrons. The number of hydrogen-bond acceptors (Lipinski definition) is 6. The molecule has 0 unspecified atom stereocenters. The van der Waals surface area contributed by atoms with Crippen LogP contribution in [0.4, 0.5) is 5.82 Å². The van der Waals surface area contributed by atoms with Crippen LogP contribution in [0.3, 0.4) is 0 Å². The van der Waals surface area contributed by atoms with Crippen LogP contribution in [-0.4, -0.2) is 36.9 Å². The highest BCUT2D eigenvalue weighted by molar-refractivity contribution is 6.04. The molecule has 0 aliphatic carbocycles. The minimum absolute atomic E-state index is 0.0965. The van der Waals surface area contributed by atoms with E-state index in [2.05, 4.69) is 30.6 Å². The maximum Gasteiger partial charge on any atom is 0.287 e. The molecule has 25 heavy (non-hydrogen) atoms. The summed E-state index contributed by atoms with van der Waals surface area (Å²) in [5.41, 5.74) is 0.635. The lowest BCUT2D eigenvalue weighted by Crippen LogP contribution is -2.24. The Balaban J connectivity index is 1.64. The second-order valence-electron chi connectivity index (χ2n) is 5.00. The van der Waals surface area contributed by atoms with Crippen LogP contribution in [0.1, 0.15) is 26.7 Å². The number of amides is 2. The highest BCUT2D eigenvalue weighted by Crippen LogP contribution is 2.15. The average molecular weight is 338 g/mol. The molecular weight excluding hydrogens is 324 g/mol. The van der Waals surface area contributed by atoms with Crippen LogP contribution in [-0.2, 0) is 6.54 Å². The second kappa shape index (κ2) is 7.21. The summed E-state index contributed by atoms with van der Waals surface area (Å²) in [6.07, 6.45) is 5.95. The molecule has 0 atom stereocenters. The Morgan fingerprint density at radius 3 is 2.72 bits per heavy atom. The Kier molecular flexibility index (Phi) is 4.65. The van der Waals surface area contributed by atoms with E-state index in [4.69, 9.17) is 0 Å². The SMILES string of the molecule is O=C(NCc1ccnc(NC(=O)c2ncccc2O)c1)c1ncc[nH]1. The molecule has 3 aromatic heterocycles. The summed E-state index contributed by atoms with van der Waals surface area (Å²) < 4.78 is 0. The van der Waals surface area contributed by atoms with Gasteiger partial charge in [-0.1, -0.05) is 0 Å². The van der Waals surface area contributed by atoms with Gasteiger partial charge in [-0.2, -0.15) is 0 Å². The van der Waals surface area contributed by atoms with Crippen molar-refractivity contribution in [1.29, 1.82) is 0 Å². The van der Waals surface area contributed by atoms with Gasteiger partial charge in [-0.15, -0.1) is 0 Å². The smallest absolute Gasteiger partial charge is 0.287 e. The van der Waals surface area contributed by atoms with Crippen LogP contribution in [0.15, 0.2) is 49.1 Å². The number of H-pyrrole nitrogens is 1. The van der Waals surface area contributed by atoms with Crippen molar-refractivity contribution in [2.45, 2.75) is 6.54 Å². The quantitative estimate of drug-likeness (QED) is 0.550. The molecule has 9 heteroatoms. The lowest BCUT2D eigenvalue weighted by Gasteiger charge is -2.08. The number of carbonyl (C=O) groups is 2. The maximum absolute atomic E-state index is 12.1. The minimum atomic E-state index is -0.581. The molecule has 0 saturated heterocycles. The van der Waals surface area contributed by atoms with Gasteiger partial charge in [0.2, 0.25) is 0 Å². The lowest BCUT2D eigenvalue weighted by molar-refractivity contribution is 0.0940. The number of rotatable bonds is 5. The predicted octanol–water partition coefficient (Wildman–Crippen LogP) is 1.09. The summed E-state index contributed by atoms with van der Waals surface area (Å²) in [4.78, 5) is 38.4. The van der Waals surface area contributed by atoms with E-state index in [9.17, 15) is 14.7 Å². The molecule has 0 aliphatic heterocycles. The number of anilines is 1. The summed E-state index contributed by atoms with van der Waals surface area (Å²) in [5.74, 6) is -0.650. The van der Waals surface area contributed by atoms with Crippen LogP contribution in [0.2, 0.25) is 0 Å². The number of aromatic nitrogens is 4. The van der Waals surface area contributed by atoms with Crippen molar-refractivity contribution in [3.63, 3.8) is 0 Å². The third kappa shape index (κ3) is 3.96. The Labute approximate surface area is 142 Å². The van der Waals surface area contributed by atoms with Crippen LogP contribution in [0.5, 0.6) is 5.75 Å². The normalized spacial score (nSPS) is 10.2. The zero-order chi connectivity index (χ0) is 17.6. The predicted molar refractivity (Wildman–Crippen MR) is 87.8 cm³/mol. The van der Waals surface area contributed by atoms with Crippen molar-refractivity contribution < 1.29 is 14.7 Å². The van der Waals surface area contributed by atoms with E-state index in [1.54, 1.807) is 18.3 Å². The maximum atomic E-state index is 12.1. The van der Waals surface area contributed by atoms with Crippen LogP contribution < -0.4 is 10.6 Å². The van der Waals surface area contributed by atoms with Gasteiger partial charge in [0.15, 0.2) is 11.5 Å². The number of carbonyl (C=O) groups excluding carboxylic acids is 2.